The fourth-order valence-corrected chi connectivity index (χ4v) is 6.95. The molecule has 0 aliphatic heterocycles. The fourth-order valence-electron chi connectivity index (χ4n) is 5.88. The minimum atomic E-state index is -4.14. The van der Waals surface area contributed by atoms with Crippen molar-refractivity contribution in [1.29, 1.82) is 0 Å². The highest BCUT2D eigenvalue weighted by Crippen LogP contribution is 2.27. The van der Waals surface area contributed by atoms with E-state index in [9.17, 15) is 37.8 Å². The van der Waals surface area contributed by atoms with Gasteiger partial charge in [0, 0.05) is 18.2 Å². The molecule has 12 nitrogen and oxygen atoms in total. The molecule has 0 saturated carbocycles. The maximum atomic E-state index is 14.1. The monoisotopic (exact) mass is 734 g/mol. The molecule has 0 saturated heterocycles. The van der Waals surface area contributed by atoms with Crippen molar-refractivity contribution >= 4 is 57.8 Å². The molecule has 0 spiro atoms. The van der Waals surface area contributed by atoms with Gasteiger partial charge in [-0.05, 0) is 79.8 Å². The first kappa shape index (κ1) is 39.4. The van der Waals surface area contributed by atoms with Crippen molar-refractivity contribution < 1.29 is 37.8 Å². The number of hydrogen-bond donors (Lipinski definition) is 5. The van der Waals surface area contributed by atoms with Crippen LogP contribution >= 0.6 is 24.0 Å². The van der Waals surface area contributed by atoms with Gasteiger partial charge in [-0.1, -0.05) is 66.2 Å². The lowest BCUT2D eigenvalue weighted by atomic mass is 10.0. The summed E-state index contributed by atoms with van der Waals surface area (Å²) < 4.78 is 23.6. The summed E-state index contributed by atoms with van der Waals surface area (Å²) in [7, 11) is -4.14. The second-order valence-electron chi connectivity index (χ2n) is 11.8. The number of fused-ring (bicyclic) bond motifs is 1. The van der Waals surface area contributed by atoms with Crippen LogP contribution in [0.1, 0.15) is 52.7 Å². The number of aryl methyl sites for hydroxylation is 1. The molecule has 6 N–H and O–H groups in total. The smallest absolute Gasteiger partial charge is 0.323 e. The number of carboxylic acid groups (broad SMARTS) is 2. The van der Waals surface area contributed by atoms with Crippen molar-refractivity contribution in [1.82, 2.24) is 15.5 Å². The molecule has 3 aromatic rings. The van der Waals surface area contributed by atoms with Crippen molar-refractivity contribution in [2.45, 2.75) is 68.0 Å². The summed E-state index contributed by atoms with van der Waals surface area (Å²) in [5.41, 5.74) is 3.06. The molecule has 2 atom stereocenters. The van der Waals surface area contributed by atoms with Gasteiger partial charge in [-0.25, -0.2) is 13.6 Å². The molecule has 0 heterocycles. The molecule has 1 aliphatic rings. The van der Waals surface area contributed by atoms with Crippen molar-refractivity contribution in [2.24, 2.45) is 5.14 Å². The molecule has 15 heteroatoms. The van der Waals surface area contributed by atoms with E-state index in [1.165, 1.54) is 17.0 Å². The van der Waals surface area contributed by atoms with Crippen LogP contribution in [0.2, 0.25) is 5.02 Å². The third kappa shape index (κ3) is 11.3. The van der Waals surface area contributed by atoms with Crippen LogP contribution in [0.15, 0.2) is 77.7 Å². The Bertz CT molecular complexity index is 1720. The van der Waals surface area contributed by atoms with E-state index in [-0.39, 0.29) is 47.3 Å². The Morgan fingerprint density at radius 2 is 1.53 bits per heavy atom. The number of primary sulfonamides is 1. The van der Waals surface area contributed by atoms with Crippen molar-refractivity contribution in [3.63, 3.8) is 0 Å². The number of nitrogens with two attached hydrogens (primary N) is 1. The van der Waals surface area contributed by atoms with Gasteiger partial charge in [-0.2, -0.15) is 0 Å². The van der Waals surface area contributed by atoms with Gasteiger partial charge in [0.1, 0.15) is 17.5 Å². The number of rotatable bonds is 17. The molecule has 3 aromatic carbocycles. The number of sulfonamides is 1. The van der Waals surface area contributed by atoms with Gasteiger partial charge < -0.3 is 20.4 Å². The van der Waals surface area contributed by atoms with Gasteiger partial charge in [0.05, 0.1) is 11.1 Å². The molecule has 264 valence electrons. The van der Waals surface area contributed by atoms with Gasteiger partial charge >= 0.3 is 11.9 Å². The molecule has 0 unspecified atom stereocenters. The third-order valence-electron chi connectivity index (χ3n) is 8.33. The van der Waals surface area contributed by atoms with Crippen LogP contribution in [0.4, 0.5) is 0 Å². The van der Waals surface area contributed by atoms with E-state index < -0.39 is 58.4 Å². The number of nitrogens with zero attached hydrogens (tertiary/aromatic N) is 1. The number of carboxylic acids is 2. The van der Waals surface area contributed by atoms with Gasteiger partial charge in [-0.15, -0.1) is 12.4 Å². The second-order valence-corrected chi connectivity index (χ2v) is 13.7. The molecule has 49 heavy (non-hydrogen) atoms. The Morgan fingerprint density at radius 1 is 0.898 bits per heavy atom. The Labute approximate surface area is 296 Å². The van der Waals surface area contributed by atoms with Crippen LogP contribution in [0, 0.1) is 0 Å². The summed E-state index contributed by atoms with van der Waals surface area (Å²) in [6.07, 6.45) is 2.58. The number of unbranched alkanes of at least 4 members (excludes halogenated alkanes) is 1. The molecule has 4 rings (SSSR count). The number of hydrogen-bond acceptors (Lipinski definition) is 7. The Balaban J connectivity index is 0.00000650. The summed E-state index contributed by atoms with van der Waals surface area (Å²) in [4.78, 5) is 52.0. The quantitative estimate of drug-likeness (QED) is 0.129. The molecular weight excluding hydrogens is 695 g/mol. The molecule has 0 bridgehead atoms. The summed E-state index contributed by atoms with van der Waals surface area (Å²) in [6.45, 7) is -0.366. The van der Waals surface area contributed by atoms with Gasteiger partial charge in [0.15, 0.2) is 0 Å². The first-order chi connectivity index (χ1) is 22.8. The summed E-state index contributed by atoms with van der Waals surface area (Å²) in [5, 5.41) is 30.6. The maximum absolute atomic E-state index is 14.1. The lowest BCUT2D eigenvalue weighted by Gasteiger charge is -2.33. The van der Waals surface area contributed by atoms with Crippen molar-refractivity contribution in [3.8, 4) is 0 Å². The first-order valence-electron chi connectivity index (χ1n) is 15.6. The van der Waals surface area contributed by atoms with Crippen LogP contribution in [-0.4, -0.2) is 78.5 Å². The SMILES string of the molecule is Cl.NS(=O)(=O)c1cc(C(=O)NCCCC[C@H](N[C@@H](CCc2ccccc2)C(=O)O)C(=O)N(CC(=O)O)C2Cc3ccccc3C2)ccc1Cl. The molecule has 1 aliphatic carbocycles. The van der Waals surface area contributed by atoms with Crippen molar-refractivity contribution in [3.05, 3.63) is 100 Å². The average molecular weight is 736 g/mol. The van der Waals surface area contributed by atoms with Gasteiger partial charge in [-0.3, -0.25) is 24.5 Å². The highest BCUT2D eigenvalue weighted by molar-refractivity contribution is 7.89. The van der Waals surface area contributed by atoms with E-state index in [0.29, 0.717) is 32.1 Å². The minimum absolute atomic E-state index is 0. The highest BCUT2D eigenvalue weighted by Gasteiger charge is 2.36. The van der Waals surface area contributed by atoms with Gasteiger partial charge in [0.2, 0.25) is 15.9 Å². The Kier molecular flexibility index (Phi) is 14.6. The number of benzene rings is 3. The van der Waals surface area contributed by atoms with E-state index in [0.717, 1.165) is 22.8 Å². The highest BCUT2D eigenvalue weighted by atomic mass is 35.5. The molecule has 0 radical (unpaired) electrons. The summed E-state index contributed by atoms with van der Waals surface area (Å²) >= 11 is 5.91. The Hall–Kier alpha value is -4.01. The van der Waals surface area contributed by atoms with E-state index in [4.69, 9.17) is 16.7 Å². The Morgan fingerprint density at radius 3 is 2.12 bits per heavy atom. The number of halogens is 2. The molecular formula is C34H40Cl2N4O8S. The lowest BCUT2D eigenvalue weighted by molar-refractivity contribution is -0.148. The lowest BCUT2D eigenvalue weighted by Crippen LogP contribution is -2.55. The topological polar surface area (TPSA) is 196 Å². The number of carbonyl (C=O) groups is 4. The number of amides is 2. The van der Waals surface area contributed by atoms with Crippen LogP contribution in [0.5, 0.6) is 0 Å². The number of nitrogens with one attached hydrogen (secondary N) is 2. The predicted molar refractivity (Wildman–Crippen MR) is 186 cm³/mol. The summed E-state index contributed by atoms with van der Waals surface area (Å²) in [5.74, 6) is -3.35. The van der Waals surface area contributed by atoms with Crippen LogP contribution in [-0.2, 0) is 43.7 Å². The zero-order valence-corrected chi connectivity index (χ0v) is 29.0. The largest absolute Gasteiger partial charge is 0.480 e. The van der Waals surface area contributed by atoms with Gasteiger partial charge in [0.25, 0.3) is 5.91 Å². The van der Waals surface area contributed by atoms with Crippen LogP contribution in [0.3, 0.4) is 0 Å². The molecule has 0 aromatic heterocycles. The average Bonchev–Trinajstić information content (AvgIpc) is 3.48. The zero-order chi connectivity index (χ0) is 34.8. The summed E-state index contributed by atoms with van der Waals surface area (Å²) in [6, 6.07) is 18.3. The number of carbonyl (C=O) groups excluding carboxylic acids is 2. The zero-order valence-electron chi connectivity index (χ0n) is 26.6. The third-order valence-corrected chi connectivity index (χ3v) is 9.72. The van der Waals surface area contributed by atoms with E-state index in [2.05, 4.69) is 10.6 Å². The second kappa shape index (κ2) is 18.1. The van der Waals surface area contributed by atoms with E-state index >= 15 is 0 Å². The molecule has 2 amide bonds. The first-order valence-corrected chi connectivity index (χ1v) is 17.5. The fraction of sp³-hybridized carbons (Fsp3) is 0.353. The van der Waals surface area contributed by atoms with Crippen molar-refractivity contribution in [2.75, 3.05) is 13.1 Å². The maximum Gasteiger partial charge on any atom is 0.323 e. The standard InChI is InChI=1S/C34H39ClN4O8S.ClH/c35-27-15-14-25(20-30(27)48(36,46)47)32(42)37-17-7-6-12-28(38-29(34(44)45)16-13-22-8-2-1-3-9-22)33(43)39(21-31(40)41)26-18-23-10-4-5-11-24(23)19-26;/h1-5,8-11,14-15,20,26,28-29,38H,6-7,12-13,16-19,21H2,(H,37,42)(H,40,41)(H,44,45)(H2,36,46,47);1H/t28-,29-;/m0./s1. The minimum Gasteiger partial charge on any atom is -0.480 e. The van der Waals surface area contributed by atoms with Crippen LogP contribution < -0.4 is 15.8 Å². The van der Waals surface area contributed by atoms with E-state index in [1.807, 2.05) is 54.6 Å². The molecule has 0 fully saturated rings. The predicted octanol–water partition coefficient (Wildman–Crippen LogP) is 3.43. The number of aliphatic carboxylic acids is 2. The van der Waals surface area contributed by atoms with E-state index in [1.54, 1.807) is 0 Å². The van der Waals surface area contributed by atoms with Crippen LogP contribution in [0.25, 0.3) is 0 Å². The normalized spacial score (nSPS) is 13.8.